The Bertz CT molecular complexity index is 610. The molecule has 1 aromatic carbocycles. The smallest absolute Gasteiger partial charge is 0.266 e. The number of aromatic nitrogens is 2. The van der Waals surface area contributed by atoms with Crippen LogP contribution in [-0.4, -0.2) is 23.5 Å². The Morgan fingerprint density at radius 1 is 1.21 bits per heavy atom. The molecule has 0 saturated heterocycles. The molecule has 0 aliphatic rings. The van der Waals surface area contributed by atoms with Gasteiger partial charge in [-0.3, -0.25) is 4.79 Å². The van der Waals surface area contributed by atoms with Crippen molar-refractivity contribution in [1.29, 1.82) is 0 Å². The lowest BCUT2D eigenvalue weighted by Crippen LogP contribution is -2.25. The first-order chi connectivity index (χ1) is 9.20. The Morgan fingerprint density at radius 3 is 2.68 bits per heavy atom. The number of ether oxygens (including phenoxy) is 2. The van der Waals surface area contributed by atoms with Crippen LogP contribution >= 0.6 is 0 Å². The minimum atomic E-state index is -0.210. The molecular weight excluding hydrogens is 246 g/mol. The SMILES string of the molecule is COc1ccccc1OCCn1nc(N)ccc1=O. The number of hydrogen-bond donors (Lipinski definition) is 1. The molecule has 6 nitrogen and oxygen atoms in total. The van der Waals surface area contributed by atoms with Gasteiger partial charge in [0.25, 0.3) is 5.56 Å². The second-order valence-electron chi connectivity index (χ2n) is 3.82. The molecule has 0 saturated carbocycles. The van der Waals surface area contributed by atoms with Crippen LogP contribution in [0.5, 0.6) is 11.5 Å². The summed E-state index contributed by atoms with van der Waals surface area (Å²) in [5.74, 6) is 1.58. The Kier molecular flexibility index (Phi) is 4.02. The zero-order valence-electron chi connectivity index (χ0n) is 10.6. The highest BCUT2D eigenvalue weighted by Gasteiger charge is 2.03. The van der Waals surface area contributed by atoms with E-state index in [2.05, 4.69) is 5.10 Å². The number of benzene rings is 1. The van der Waals surface area contributed by atoms with Gasteiger partial charge in [-0.05, 0) is 18.2 Å². The number of anilines is 1. The molecule has 100 valence electrons. The van der Waals surface area contributed by atoms with Gasteiger partial charge in [-0.2, -0.15) is 5.10 Å². The quantitative estimate of drug-likeness (QED) is 0.865. The van der Waals surface area contributed by atoms with Crippen LogP contribution in [-0.2, 0) is 6.54 Å². The third-order valence-corrected chi connectivity index (χ3v) is 2.52. The fourth-order valence-electron chi connectivity index (χ4n) is 1.61. The molecule has 2 rings (SSSR count). The van der Waals surface area contributed by atoms with Crippen LogP contribution in [0.4, 0.5) is 5.82 Å². The monoisotopic (exact) mass is 261 g/mol. The number of methoxy groups -OCH3 is 1. The summed E-state index contributed by atoms with van der Waals surface area (Å²) in [5.41, 5.74) is 5.31. The Hall–Kier alpha value is -2.50. The number of nitrogens with zero attached hydrogens (tertiary/aromatic N) is 2. The van der Waals surface area contributed by atoms with Crippen LogP contribution in [0.1, 0.15) is 0 Å². The van der Waals surface area contributed by atoms with Gasteiger partial charge in [0.15, 0.2) is 11.5 Å². The summed E-state index contributed by atoms with van der Waals surface area (Å²) in [6, 6.07) is 10.2. The fourth-order valence-corrected chi connectivity index (χ4v) is 1.61. The first-order valence-corrected chi connectivity index (χ1v) is 5.80. The lowest BCUT2D eigenvalue weighted by atomic mass is 10.3. The standard InChI is InChI=1S/C13H15N3O3/c1-18-10-4-2-3-5-11(10)19-9-8-16-13(17)7-6-12(14)15-16/h2-7H,8-9H2,1H3,(H2,14,15). The van der Waals surface area contributed by atoms with E-state index in [0.29, 0.717) is 30.5 Å². The van der Waals surface area contributed by atoms with Gasteiger partial charge in [0.05, 0.1) is 13.7 Å². The summed E-state index contributed by atoms with van der Waals surface area (Å²) in [6.45, 7) is 0.624. The molecular formula is C13H15N3O3. The summed E-state index contributed by atoms with van der Waals surface area (Å²) < 4.78 is 12.0. The normalized spacial score (nSPS) is 10.2. The third-order valence-electron chi connectivity index (χ3n) is 2.52. The van der Waals surface area contributed by atoms with E-state index in [9.17, 15) is 4.79 Å². The number of hydrogen-bond acceptors (Lipinski definition) is 5. The molecule has 0 atom stereocenters. The molecule has 0 amide bonds. The highest BCUT2D eigenvalue weighted by Crippen LogP contribution is 2.25. The van der Waals surface area contributed by atoms with Crippen LogP contribution in [0.15, 0.2) is 41.2 Å². The lowest BCUT2D eigenvalue weighted by Gasteiger charge is -2.10. The molecule has 1 heterocycles. The topological polar surface area (TPSA) is 79.4 Å². The number of para-hydroxylation sites is 2. The van der Waals surface area contributed by atoms with Crippen molar-refractivity contribution in [2.24, 2.45) is 0 Å². The van der Waals surface area contributed by atoms with Crippen molar-refractivity contribution >= 4 is 5.82 Å². The predicted molar refractivity (Wildman–Crippen MR) is 71.4 cm³/mol. The van der Waals surface area contributed by atoms with E-state index < -0.39 is 0 Å². The lowest BCUT2D eigenvalue weighted by molar-refractivity contribution is 0.272. The molecule has 0 aliphatic heterocycles. The molecule has 0 fully saturated rings. The van der Waals surface area contributed by atoms with Crippen LogP contribution in [0.2, 0.25) is 0 Å². The van der Waals surface area contributed by atoms with Crippen LogP contribution < -0.4 is 20.8 Å². The molecule has 0 radical (unpaired) electrons. The van der Waals surface area contributed by atoms with Crippen molar-refractivity contribution < 1.29 is 9.47 Å². The minimum Gasteiger partial charge on any atom is -0.493 e. The summed E-state index contributed by atoms with van der Waals surface area (Å²) in [6.07, 6.45) is 0. The van der Waals surface area contributed by atoms with Crippen LogP contribution in [0, 0.1) is 0 Å². The first kappa shape index (κ1) is 12.9. The maximum absolute atomic E-state index is 11.5. The van der Waals surface area contributed by atoms with E-state index in [1.165, 1.54) is 16.8 Å². The third kappa shape index (κ3) is 3.25. The van der Waals surface area contributed by atoms with Crippen molar-refractivity contribution in [3.05, 3.63) is 46.8 Å². The minimum absolute atomic E-state index is 0.210. The maximum atomic E-state index is 11.5. The average Bonchev–Trinajstić information content (AvgIpc) is 2.43. The Morgan fingerprint density at radius 2 is 1.95 bits per heavy atom. The van der Waals surface area contributed by atoms with Gasteiger partial charge in [-0.15, -0.1) is 0 Å². The van der Waals surface area contributed by atoms with Gasteiger partial charge in [0.2, 0.25) is 0 Å². The zero-order valence-corrected chi connectivity index (χ0v) is 10.6. The van der Waals surface area contributed by atoms with E-state index >= 15 is 0 Å². The molecule has 0 spiro atoms. The molecule has 6 heteroatoms. The van der Waals surface area contributed by atoms with E-state index in [1.807, 2.05) is 12.1 Å². The van der Waals surface area contributed by atoms with Gasteiger partial charge in [0.1, 0.15) is 12.4 Å². The van der Waals surface area contributed by atoms with Crippen molar-refractivity contribution in [1.82, 2.24) is 9.78 Å². The largest absolute Gasteiger partial charge is 0.493 e. The molecule has 2 aromatic rings. The van der Waals surface area contributed by atoms with Crippen LogP contribution in [0.3, 0.4) is 0 Å². The molecule has 1 aromatic heterocycles. The summed E-state index contributed by atoms with van der Waals surface area (Å²) >= 11 is 0. The van der Waals surface area contributed by atoms with Gasteiger partial charge < -0.3 is 15.2 Å². The Labute approximate surface area is 110 Å². The van der Waals surface area contributed by atoms with Crippen molar-refractivity contribution in [3.8, 4) is 11.5 Å². The van der Waals surface area contributed by atoms with Gasteiger partial charge in [-0.1, -0.05) is 12.1 Å². The van der Waals surface area contributed by atoms with E-state index in [-0.39, 0.29) is 5.56 Å². The molecule has 0 aliphatic carbocycles. The zero-order chi connectivity index (χ0) is 13.7. The average molecular weight is 261 g/mol. The number of nitrogen functional groups attached to an aromatic ring is 1. The summed E-state index contributed by atoms with van der Waals surface area (Å²) in [5, 5.41) is 3.92. The van der Waals surface area contributed by atoms with E-state index in [0.717, 1.165) is 0 Å². The highest BCUT2D eigenvalue weighted by molar-refractivity contribution is 5.39. The van der Waals surface area contributed by atoms with E-state index in [4.69, 9.17) is 15.2 Å². The van der Waals surface area contributed by atoms with Crippen molar-refractivity contribution in [3.63, 3.8) is 0 Å². The summed E-state index contributed by atoms with van der Waals surface area (Å²) in [7, 11) is 1.58. The van der Waals surface area contributed by atoms with Gasteiger partial charge in [-0.25, -0.2) is 4.68 Å². The van der Waals surface area contributed by atoms with Crippen LogP contribution in [0.25, 0.3) is 0 Å². The van der Waals surface area contributed by atoms with Gasteiger partial charge >= 0.3 is 0 Å². The first-order valence-electron chi connectivity index (χ1n) is 5.80. The molecule has 0 bridgehead atoms. The van der Waals surface area contributed by atoms with Crippen molar-refractivity contribution in [2.75, 3.05) is 19.5 Å². The fraction of sp³-hybridized carbons (Fsp3) is 0.231. The molecule has 0 unspecified atom stereocenters. The van der Waals surface area contributed by atoms with Gasteiger partial charge in [0, 0.05) is 6.07 Å². The Balaban J connectivity index is 2.00. The number of nitrogens with two attached hydrogens (primary N) is 1. The maximum Gasteiger partial charge on any atom is 0.266 e. The van der Waals surface area contributed by atoms with Crippen molar-refractivity contribution in [2.45, 2.75) is 6.54 Å². The van der Waals surface area contributed by atoms with E-state index in [1.54, 1.807) is 19.2 Å². The second-order valence-corrected chi connectivity index (χ2v) is 3.82. The molecule has 19 heavy (non-hydrogen) atoms. The number of rotatable bonds is 5. The second kappa shape index (κ2) is 5.90. The summed E-state index contributed by atoms with van der Waals surface area (Å²) in [4.78, 5) is 11.5. The highest BCUT2D eigenvalue weighted by atomic mass is 16.5. The molecule has 2 N–H and O–H groups in total. The predicted octanol–water partition coefficient (Wildman–Crippen LogP) is 0.913.